The Hall–Kier alpha value is -2.45. The first-order chi connectivity index (χ1) is 16.0. The summed E-state index contributed by atoms with van der Waals surface area (Å²) in [5.41, 5.74) is 3.41. The molecule has 0 spiro atoms. The van der Waals surface area contributed by atoms with Crippen LogP contribution in [0.3, 0.4) is 0 Å². The molecule has 2 aromatic heterocycles. The van der Waals surface area contributed by atoms with Crippen LogP contribution >= 0.6 is 22.9 Å². The van der Waals surface area contributed by atoms with Crippen LogP contribution in [-0.2, 0) is 0 Å². The summed E-state index contributed by atoms with van der Waals surface area (Å²) in [6.07, 6.45) is 3.01. The average molecular weight is 487 g/mol. The third kappa shape index (κ3) is 5.55. The summed E-state index contributed by atoms with van der Waals surface area (Å²) in [6, 6.07) is 11.3. The highest BCUT2D eigenvalue weighted by molar-refractivity contribution is 7.14. The molecule has 174 valence electrons. The van der Waals surface area contributed by atoms with Crippen LogP contribution in [0, 0.1) is 0 Å². The molecule has 1 amide bonds. The van der Waals surface area contributed by atoms with Gasteiger partial charge in [-0.3, -0.25) is 4.79 Å². The number of pyridine rings is 1. The Bertz CT molecular complexity index is 1110. The average Bonchev–Trinajstić information content (AvgIpc) is 3.33. The van der Waals surface area contributed by atoms with Gasteiger partial charge in [0.2, 0.25) is 5.88 Å². The van der Waals surface area contributed by atoms with Crippen molar-refractivity contribution < 1.29 is 19.7 Å². The van der Waals surface area contributed by atoms with Crippen molar-refractivity contribution >= 4 is 28.8 Å². The lowest BCUT2D eigenvalue weighted by Gasteiger charge is -2.29. The number of amides is 1. The second-order valence-electron chi connectivity index (χ2n) is 8.13. The van der Waals surface area contributed by atoms with Crippen LogP contribution in [0.2, 0.25) is 5.02 Å². The lowest BCUT2D eigenvalue weighted by atomic mass is 10.0. The highest BCUT2D eigenvalue weighted by Crippen LogP contribution is 2.37. The number of piperidine rings is 1. The van der Waals surface area contributed by atoms with E-state index in [2.05, 4.69) is 11.1 Å². The Morgan fingerprint density at radius 3 is 2.73 bits per heavy atom. The maximum absolute atomic E-state index is 12.8. The number of aromatic nitrogens is 1. The molecule has 4 rings (SSSR count). The number of hydrogen-bond acceptors (Lipinski definition) is 6. The molecule has 3 heterocycles. The number of carbonyl (C=O) groups excluding carboxylic acids is 1. The zero-order valence-electron chi connectivity index (χ0n) is 18.4. The summed E-state index contributed by atoms with van der Waals surface area (Å²) in [6.45, 7) is 3.02. The number of hydrogen-bond donors (Lipinski definition) is 2. The zero-order valence-corrected chi connectivity index (χ0v) is 20.0. The maximum atomic E-state index is 12.8. The molecular weight excluding hydrogens is 460 g/mol. The molecule has 0 saturated carbocycles. The number of carbonyl (C=O) groups is 1. The van der Waals surface area contributed by atoms with Crippen LogP contribution in [-0.4, -0.2) is 57.9 Å². The number of ether oxygens (including phenoxy) is 1. The van der Waals surface area contributed by atoms with E-state index in [0.29, 0.717) is 48.8 Å². The molecule has 2 N–H and O–H groups in total. The van der Waals surface area contributed by atoms with E-state index < -0.39 is 0 Å². The fourth-order valence-corrected chi connectivity index (χ4v) is 5.10. The fourth-order valence-electron chi connectivity index (χ4n) is 3.80. The van der Waals surface area contributed by atoms with E-state index in [4.69, 9.17) is 16.3 Å². The molecule has 1 aliphatic rings. The van der Waals surface area contributed by atoms with Gasteiger partial charge in [-0.2, -0.15) is 0 Å². The topological polar surface area (TPSA) is 82.9 Å². The van der Waals surface area contributed by atoms with Crippen LogP contribution in [0.1, 0.15) is 36.5 Å². The lowest BCUT2D eigenvalue weighted by Crippen LogP contribution is -2.40. The summed E-state index contributed by atoms with van der Waals surface area (Å²) in [4.78, 5) is 19.8. The van der Waals surface area contributed by atoms with E-state index >= 15 is 0 Å². The lowest BCUT2D eigenvalue weighted by molar-refractivity contribution is 0.0546. The number of aliphatic hydroxyl groups excluding tert-OH is 2. The van der Waals surface area contributed by atoms with Gasteiger partial charge in [-0.05, 0) is 60.0 Å². The van der Waals surface area contributed by atoms with Gasteiger partial charge in [0.25, 0.3) is 5.91 Å². The minimum Gasteiger partial charge on any atom is -0.472 e. The quantitative estimate of drug-likeness (QED) is 0.497. The summed E-state index contributed by atoms with van der Waals surface area (Å²) < 4.78 is 5.75. The molecule has 0 aliphatic carbocycles. The molecule has 33 heavy (non-hydrogen) atoms. The van der Waals surface area contributed by atoms with Crippen molar-refractivity contribution in [3.63, 3.8) is 0 Å². The van der Waals surface area contributed by atoms with Crippen LogP contribution < -0.4 is 4.74 Å². The van der Waals surface area contributed by atoms with Gasteiger partial charge < -0.3 is 19.8 Å². The van der Waals surface area contributed by atoms with Gasteiger partial charge in [0.1, 0.15) is 6.10 Å². The van der Waals surface area contributed by atoms with Crippen molar-refractivity contribution in [3.05, 3.63) is 58.6 Å². The standard InChI is InChI=1S/C25H27ClN2O4S/c1-2-20(14-29)32-24-13-16(5-8-27-24)18-12-23(33-15-18)21-4-3-17(11-22(21)26)25(31)28-9-6-19(30)7-10-28/h3-5,8,11-13,15,19-20,29-30H,2,6-7,9-10,14H2,1H3. The highest BCUT2D eigenvalue weighted by Gasteiger charge is 2.23. The van der Waals surface area contributed by atoms with E-state index in [9.17, 15) is 15.0 Å². The van der Waals surface area contributed by atoms with Crippen LogP contribution in [0.4, 0.5) is 0 Å². The molecule has 1 aliphatic heterocycles. The van der Waals surface area contributed by atoms with Crippen molar-refractivity contribution in [1.29, 1.82) is 0 Å². The van der Waals surface area contributed by atoms with E-state index in [0.717, 1.165) is 21.6 Å². The number of aliphatic hydroxyl groups is 2. The molecule has 8 heteroatoms. The Labute approximate surface area is 202 Å². The summed E-state index contributed by atoms with van der Waals surface area (Å²) in [5.74, 6) is 0.423. The fraction of sp³-hybridized carbons (Fsp3) is 0.360. The number of likely N-dealkylation sites (tertiary alicyclic amines) is 1. The Kier molecular flexibility index (Phi) is 7.65. The summed E-state index contributed by atoms with van der Waals surface area (Å²) in [7, 11) is 0. The molecule has 0 radical (unpaired) electrons. The first-order valence-electron chi connectivity index (χ1n) is 11.1. The van der Waals surface area contributed by atoms with E-state index in [1.807, 2.05) is 36.6 Å². The number of benzene rings is 1. The number of halogens is 1. The minimum absolute atomic E-state index is 0.0539. The van der Waals surface area contributed by atoms with E-state index in [1.165, 1.54) is 0 Å². The summed E-state index contributed by atoms with van der Waals surface area (Å²) in [5, 5.41) is 21.6. The molecule has 1 atom stereocenters. The van der Waals surface area contributed by atoms with Crippen LogP contribution in [0.5, 0.6) is 5.88 Å². The monoisotopic (exact) mass is 486 g/mol. The van der Waals surface area contributed by atoms with Crippen molar-refractivity contribution in [3.8, 4) is 27.4 Å². The van der Waals surface area contributed by atoms with E-state index in [1.54, 1.807) is 28.5 Å². The van der Waals surface area contributed by atoms with Crippen LogP contribution in [0.25, 0.3) is 21.6 Å². The van der Waals surface area contributed by atoms with Gasteiger partial charge in [-0.25, -0.2) is 4.98 Å². The molecule has 1 unspecified atom stereocenters. The van der Waals surface area contributed by atoms with Gasteiger partial charge in [0.15, 0.2) is 0 Å². The SMILES string of the molecule is CCC(CO)Oc1cc(-c2csc(-c3ccc(C(=O)N4CCC(O)CC4)cc3Cl)c2)ccn1. The second kappa shape index (κ2) is 10.7. The Morgan fingerprint density at radius 2 is 2.03 bits per heavy atom. The summed E-state index contributed by atoms with van der Waals surface area (Å²) >= 11 is 8.16. The highest BCUT2D eigenvalue weighted by atomic mass is 35.5. The first-order valence-corrected chi connectivity index (χ1v) is 12.3. The molecule has 6 nitrogen and oxygen atoms in total. The van der Waals surface area contributed by atoms with Gasteiger partial charge in [-0.1, -0.05) is 24.6 Å². The Morgan fingerprint density at radius 1 is 1.24 bits per heavy atom. The third-order valence-electron chi connectivity index (χ3n) is 5.85. The Balaban J connectivity index is 1.51. The largest absolute Gasteiger partial charge is 0.472 e. The zero-order chi connectivity index (χ0) is 23.4. The molecule has 1 aromatic carbocycles. The van der Waals surface area contributed by atoms with Gasteiger partial charge in [0.05, 0.1) is 17.7 Å². The molecule has 1 saturated heterocycles. The van der Waals surface area contributed by atoms with Gasteiger partial charge in [0, 0.05) is 41.4 Å². The normalized spacial score (nSPS) is 15.5. The molecule has 1 fully saturated rings. The molecule has 0 bridgehead atoms. The first kappa shape index (κ1) is 23.7. The van der Waals surface area contributed by atoms with Crippen molar-refractivity contribution in [2.24, 2.45) is 0 Å². The van der Waals surface area contributed by atoms with Gasteiger partial charge in [-0.15, -0.1) is 11.3 Å². The maximum Gasteiger partial charge on any atom is 0.253 e. The number of nitrogens with zero attached hydrogens (tertiary/aromatic N) is 2. The minimum atomic E-state index is -0.321. The predicted octanol–water partition coefficient (Wildman–Crippen LogP) is 4.88. The predicted molar refractivity (Wildman–Crippen MR) is 131 cm³/mol. The van der Waals surface area contributed by atoms with Crippen molar-refractivity contribution in [2.75, 3.05) is 19.7 Å². The smallest absolute Gasteiger partial charge is 0.253 e. The second-order valence-corrected chi connectivity index (χ2v) is 9.45. The molecular formula is C25H27ClN2O4S. The molecule has 3 aromatic rings. The van der Waals surface area contributed by atoms with E-state index in [-0.39, 0.29) is 24.7 Å². The number of thiophene rings is 1. The van der Waals surface area contributed by atoms with Crippen LogP contribution in [0.15, 0.2) is 48.0 Å². The number of rotatable bonds is 7. The van der Waals surface area contributed by atoms with Crippen molar-refractivity contribution in [1.82, 2.24) is 9.88 Å². The third-order valence-corrected chi connectivity index (χ3v) is 7.12. The van der Waals surface area contributed by atoms with Crippen molar-refractivity contribution in [2.45, 2.75) is 38.4 Å². The van der Waals surface area contributed by atoms with Gasteiger partial charge >= 0.3 is 0 Å².